The Hall–Kier alpha value is -1.41. The van der Waals surface area contributed by atoms with E-state index in [9.17, 15) is 0 Å². The first-order valence-electron chi connectivity index (χ1n) is 6.47. The van der Waals surface area contributed by atoms with Crippen molar-refractivity contribution in [2.45, 2.75) is 25.8 Å². The molecule has 1 aliphatic rings. The summed E-state index contributed by atoms with van der Waals surface area (Å²) in [5.41, 5.74) is 1.44. The lowest BCUT2D eigenvalue weighted by Crippen LogP contribution is -2.29. The van der Waals surface area contributed by atoms with Crippen LogP contribution in [0.1, 0.15) is 24.8 Å². The Morgan fingerprint density at radius 3 is 2.82 bits per heavy atom. The van der Waals surface area contributed by atoms with Crippen LogP contribution in [0.5, 0.6) is 0 Å². The summed E-state index contributed by atoms with van der Waals surface area (Å²) in [4.78, 5) is 6.76. The highest BCUT2D eigenvalue weighted by atomic mass is 15.1. The molecule has 17 heavy (non-hydrogen) atoms. The number of aromatic nitrogens is 1. The van der Waals surface area contributed by atoms with Crippen LogP contribution in [0.2, 0.25) is 0 Å². The first-order valence-corrected chi connectivity index (χ1v) is 6.47. The highest BCUT2D eigenvalue weighted by Crippen LogP contribution is 2.20. The van der Waals surface area contributed by atoms with E-state index in [1.54, 1.807) is 0 Å². The Labute approximate surface area is 102 Å². The standard InChI is InChI=1S/C15H18N2/c1-2-9-17(10-3-1)12-14-6-4-5-13-11-16-8-7-15(13)14/h4-8,11H,1-3,9-10,12H2. The largest absolute Gasteiger partial charge is 0.299 e. The second kappa shape index (κ2) is 4.84. The number of piperidine rings is 1. The number of fused-ring (bicyclic) bond motifs is 1. The van der Waals surface area contributed by atoms with Gasteiger partial charge >= 0.3 is 0 Å². The summed E-state index contributed by atoms with van der Waals surface area (Å²) in [5, 5.41) is 2.61. The topological polar surface area (TPSA) is 16.1 Å². The summed E-state index contributed by atoms with van der Waals surface area (Å²) in [6.45, 7) is 3.59. The monoisotopic (exact) mass is 226 g/mol. The molecule has 1 aromatic carbocycles. The highest BCUT2D eigenvalue weighted by molar-refractivity contribution is 5.84. The van der Waals surface area contributed by atoms with Crippen molar-refractivity contribution in [1.29, 1.82) is 0 Å². The minimum Gasteiger partial charge on any atom is -0.299 e. The summed E-state index contributed by atoms with van der Waals surface area (Å²) >= 11 is 0. The maximum absolute atomic E-state index is 4.19. The quantitative estimate of drug-likeness (QED) is 0.781. The molecule has 88 valence electrons. The molecule has 1 saturated heterocycles. The lowest BCUT2D eigenvalue weighted by Gasteiger charge is -2.26. The molecule has 0 amide bonds. The molecule has 2 nitrogen and oxygen atoms in total. The Balaban J connectivity index is 1.89. The van der Waals surface area contributed by atoms with Crippen molar-refractivity contribution in [1.82, 2.24) is 9.88 Å². The van der Waals surface area contributed by atoms with Crippen LogP contribution in [-0.2, 0) is 6.54 Å². The Kier molecular flexibility index (Phi) is 3.06. The number of pyridine rings is 1. The third kappa shape index (κ3) is 2.32. The number of benzene rings is 1. The van der Waals surface area contributed by atoms with Gasteiger partial charge in [0.1, 0.15) is 0 Å². The van der Waals surface area contributed by atoms with Crippen molar-refractivity contribution in [3.05, 3.63) is 42.2 Å². The van der Waals surface area contributed by atoms with Crippen LogP contribution >= 0.6 is 0 Å². The molecule has 0 N–H and O–H groups in total. The van der Waals surface area contributed by atoms with Gasteiger partial charge in [-0.25, -0.2) is 0 Å². The zero-order valence-corrected chi connectivity index (χ0v) is 10.1. The molecule has 1 aliphatic heterocycles. The van der Waals surface area contributed by atoms with E-state index in [4.69, 9.17) is 0 Å². The first-order chi connectivity index (χ1) is 8.43. The fraction of sp³-hybridized carbons (Fsp3) is 0.400. The van der Waals surface area contributed by atoms with Crippen molar-refractivity contribution in [2.75, 3.05) is 13.1 Å². The second-order valence-corrected chi connectivity index (χ2v) is 4.85. The summed E-state index contributed by atoms with van der Waals surface area (Å²) < 4.78 is 0. The highest BCUT2D eigenvalue weighted by Gasteiger charge is 2.11. The number of nitrogens with zero attached hydrogens (tertiary/aromatic N) is 2. The molecule has 1 aromatic heterocycles. The molecule has 0 unspecified atom stereocenters. The molecule has 0 atom stereocenters. The fourth-order valence-corrected chi connectivity index (χ4v) is 2.69. The van der Waals surface area contributed by atoms with E-state index in [2.05, 4.69) is 34.1 Å². The van der Waals surface area contributed by atoms with Gasteiger partial charge in [0.2, 0.25) is 0 Å². The van der Waals surface area contributed by atoms with E-state index in [0.29, 0.717) is 0 Å². The summed E-state index contributed by atoms with van der Waals surface area (Å²) in [6.07, 6.45) is 7.95. The van der Waals surface area contributed by atoms with E-state index in [0.717, 1.165) is 6.54 Å². The summed E-state index contributed by atoms with van der Waals surface area (Å²) in [6, 6.07) is 8.66. The van der Waals surface area contributed by atoms with Gasteiger partial charge in [-0.15, -0.1) is 0 Å². The van der Waals surface area contributed by atoms with Crippen LogP contribution < -0.4 is 0 Å². The molecule has 0 bridgehead atoms. The lowest BCUT2D eigenvalue weighted by atomic mass is 10.0. The van der Waals surface area contributed by atoms with Gasteiger partial charge in [-0.3, -0.25) is 9.88 Å². The van der Waals surface area contributed by atoms with Crippen LogP contribution in [0.4, 0.5) is 0 Å². The van der Waals surface area contributed by atoms with Gasteiger partial charge in [-0.1, -0.05) is 24.6 Å². The number of likely N-dealkylation sites (tertiary alicyclic amines) is 1. The molecule has 2 heterocycles. The molecule has 2 aromatic rings. The number of hydrogen-bond acceptors (Lipinski definition) is 2. The number of rotatable bonds is 2. The molecule has 0 saturated carbocycles. The third-order valence-electron chi connectivity index (χ3n) is 3.61. The van der Waals surface area contributed by atoms with Crippen LogP contribution in [0, 0.1) is 0 Å². The zero-order chi connectivity index (χ0) is 11.5. The van der Waals surface area contributed by atoms with Gasteiger partial charge in [0, 0.05) is 24.3 Å². The van der Waals surface area contributed by atoms with Gasteiger partial charge in [-0.2, -0.15) is 0 Å². The maximum Gasteiger partial charge on any atom is 0.0346 e. The van der Waals surface area contributed by atoms with Crippen molar-refractivity contribution in [3.63, 3.8) is 0 Å². The molecule has 2 heteroatoms. The Morgan fingerprint density at radius 1 is 1.06 bits per heavy atom. The van der Waals surface area contributed by atoms with Crippen LogP contribution in [0.15, 0.2) is 36.7 Å². The smallest absolute Gasteiger partial charge is 0.0346 e. The fourth-order valence-electron chi connectivity index (χ4n) is 2.69. The minimum atomic E-state index is 1.08. The summed E-state index contributed by atoms with van der Waals surface area (Å²) in [7, 11) is 0. The first kappa shape index (κ1) is 10.7. The predicted molar refractivity (Wildman–Crippen MR) is 70.9 cm³/mol. The molecule has 0 radical (unpaired) electrons. The van der Waals surface area contributed by atoms with Gasteiger partial charge in [0.25, 0.3) is 0 Å². The molecule has 1 fully saturated rings. The summed E-state index contributed by atoms with van der Waals surface area (Å²) in [5.74, 6) is 0. The van der Waals surface area contributed by atoms with Crippen LogP contribution in [0.3, 0.4) is 0 Å². The average Bonchev–Trinajstić information content (AvgIpc) is 2.40. The van der Waals surface area contributed by atoms with E-state index in [1.807, 2.05) is 12.4 Å². The van der Waals surface area contributed by atoms with Crippen LogP contribution in [0.25, 0.3) is 10.8 Å². The normalized spacial score (nSPS) is 17.4. The van der Waals surface area contributed by atoms with Crippen LogP contribution in [-0.4, -0.2) is 23.0 Å². The van der Waals surface area contributed by atoms with Crippen molar-refractivity contribution >= 4 is 10.8 Å². The number of hydrogen-bond donors (Lipinski definition) is 0. The molecular weight excluding hydrogens is 208 g/mol. The van der Waals surface area contributed by atoms with Crippen molar-refractivity contribution in [3.8, 4) is 0 Å². The molecule has 0 spiro atoms. The van der Waals surface area contributed by atoms with Crippen molar-refractivity contribution in [2.24, 2.45) is 0 Å². The maximum atomic E-state index is 4.19. The second-order valence-electron chi connectivity index (χ2n) is 4.85. The van der Waals surface area contributed by atoms with E-state index < -0.39 is 0 Å². The predicted octanol–water partition coefficient (Wildman–Crippen LogP) is 3.22. The van der Waals surface area contributed by atoms with Gasteiger partial charge < -0.3 is 0 Å². The van der Waals surface area contributed by atoms with E-state index >= 15 is 0 Å². The van der Waals surface area contributed by atoms with Crippen molar-refractivity contribution < 1.29 is 0 Å². The van der Waals surface area contributed by atoms with E-state index in [-0.39, 0.29) is 0 Å². The molecule has 0 aliphatic carbocycles. The lowest BCUT2D eigenvalue weighted by molar-refractivity contribution is 0.221. The molecule has 3 rings (SSSR count). The Morgan fingerprint density at radius 2 is 1.94 bits per heavy atom. The minimum absolute atomic E-state index is 1.08. The third-order valence-corrected chi connectivity index (χ3v) is 3.61. The molecular formula is C15H18N2. The zero-order valence-electron chi connectivity index (χ0n) is 10.1. The average molecular weight is 226 g/mol. The van der Waals surface area contributed by atoms with Gasteiger partial charge in [-0.05, 0) is 42.9 Å². The van der Waals surface area contributed by atoms with Gasteiger partial charge in [0.15, 0.2) is 0 Å². The van der Waals surface area contributed by atoms with Gasteiger partial charge in [0.05, 0.1) is 0 Å². The Bertz CT molecular complexity index is 496. The SMILES string of the molecule is c1cc(CN2CCCCC2)c2ccncc2c1. The van der Waals surface area contributed by atoms with E-state index in [1.165, 1.54) is 48.7 Å².